The number of hydrogen-bond donors (Lipinski definition) is 2. The standard InChI is InChI=1S/C18H16Cl2N2O5/c1-2-25-14-7-11(19)16(20)10(17(14)23)8-21-22-18(24)15-9-26-12-5-3-4-6-13(12)27-15/h3-8,15,23H,2,9H2,1H3,(H,22,24). The summed E-state index contributed by atoms with van der Waals surface area (Å²) in [6, 6.07) is 8.45. The first-order valence-corrected chi connectivity index (χ1v) is 8.82. The van der Waals surface area contributed by atoms with Crippen LogP contribution in [-0.4, -0.2) is 36.5 Å². The fourth-order valence-electron chi connectivity index (χ4n) is 2.38. The van der Waals surface area contributed by atoms with Crippen molar-refractivity contribution in [2.24, 2.45) is 5.10 Å². The Bertz CT molecular complexity index is 888. The Morgan fingerprint density at radius 1 is 1.41 bits per heavy atom. The molecule has 2 aromatic carbocycles. The number of carbonyl (C=O) groups is 1. The Kier molecular flexibility index (Phi) is 5.93. The van der Waals surface area contributed by atoms with Crippen molar-refractivity contribution < 1.29 is 24.1 Å². The van der Waals surface area contributed by atoms with Gasteiger partial charge < -0.3 is 19.3 Å². The molecule has 1 amide bonds. The Labute approximate surface area is 165 Å². The molecule has 2 aromatic rings. The Balaban J connectivity index is 1.70. The largest absolute Gasteiger partial charge is 0.504 e. The van der Waals surface area contributed by atoms with Crippen LogP contribution in [0.15, 0.2) is 35.4 Å². The van der Waals surface area contributed by atoms with E-state index in [-0.39, 0.29) is 33.7 Å². The first kappa shape index (κ1) is 19.1. The number of rotatable bonds is 5. The number of benzene rings is 2. The summed E-state index contributed by atoms with van der Waals surface area (Å²) in [7, 11) is 0. The molecule has 1 unspecified atom stereocenters. The van der Waals surface area contributed by atoms with Crippen LogP contribution in [0, 0.1) is 0 Å². The number of hydrogen-bond acceptors (Lipinski definition) is 6. The molecule has 2 N–H and O–H groups in total. The van der Waals surface area contributed by atoms with Gasteiger partial charge in [-0.05, 0) is 19.1 Å². The predicted octanol–water partition coefficient (Wildman–Crippen LogP) is 3.39. The number of fused-ring (bicyclic) bond motifs is 1. The van der Waals surface area contributed by atoms with Gasteiger partial charge in [0.2, 0.25) is 6.10 Å². The molecular formula is C18H16Cl2N2O5. The van der Waals surface area contributed by atoms with Crippen molar-refractivity contribution >= 4 is 35.3 Å². The summed E-state index contributed by atoms with van der Waals surface area (Å²) >= 11 is 12.1. The monoisotopic (exact) mass is 410 g/mol. The van der Waals surface area contributed by atoms with Crippen molar-refractivity contribution in [3.8, 4) is 23.0 Å². The van der Waals surface area contributed by atoms with Gasteiger partial charge >= 0.3 is 0 Å². The quantitative estimate of drug-likeness (QED) is 0.582. The van der Waals surface area contributed by atoms with Crippen LogP contribution in [-0.2, 0) is 4.79 Å². The number of phenolic OH excluding ortho intramolecular Hbond substituents is 1. The highest BCUT2D eigenvalue weighted by atomic mass is 35.5. The summed E-state index contributed by atoms with van der Waals surface area (Å²) in [5, 5.41) is 14.3. The van der Waals surface area contributed by atoms with E-state index >= 15 is 0 Å². The SMILES string of the molecule is CCOc1cc(Cl)c(Cl)c(C=NNC(=O)C2COc3ccccc3O2)c1O. The highest BCUT2D eigenvalue weighted by molar-refractivity contribution is 6.43. The topological polar surface area (TPSA) is 89.4 Å². The number of para-hydroxylation sites is 2. The molecule has 142 valence electrons. The maximum absolute atomic E-state index is 12.2. The number of halogens is 2. The Morgan fingerprint density at radius 2 is 2.15 bits per heavy atom. The molecule has 1 aliphatic rings. The second kappa shape index (κ2) is 8.37. The lowest BCUT2D eigenvalue weighted by Gasteiger charge is -2.24. The molecule has 1 aliphatic heterocycles. The van der Waals surface area contributed by atoms with Gasteiger partial charge in [0.25, 0.3) is 5.91 Å². The van der Waals surface area contributed by atoms with Gasteiger partial charge in [-0.3, -0.25) is 4.79 Å². The van der Waals surface area contributed by atoms with Crippen LogP contribution in [0.5, 0.6) is 23.0 Å². The number of carbonyl (C=O) groups excluding carboxylic acids is 1. The van der Waals surface area contributed by atoms with E-state index in [9.17, 15) is 9.90 Å². The van der Waals surface area contributed by atoms with Gasteiger partial charge in [-0.2, -0.15) is 5.10 Å². The van der Waals surface area contributed by atoms with Gasteiger partial charge in [-0.25, -0.2) is 5.43 Å². The van der Waals surface area contributed by atoms with E-state index in [0.29, 0.717) is 18.1 Å². The van der Waals surface area contributed by atoms with E-state index in [1.165, 1.54) is 12.3 Å². The third kappa shape index (κ3) is 4.20. The van der Waals surface area contributed by atoms with Crippen molar-refractivity contribution in [2.75, 3.05) is 13.2 Å². The number of aromatic hydroxyl groups is 1. The summed E-state index contributed by atoms with van der Waals surface area (Å²) in [5.41, 5.74) is 2.45. The third-order valence-electron chi connectivity index (χ3n) is 3.66. The van der Waals surface area contributed by atoms with Gasteiger partial charge in [0, 0.05) is 6.07 Å². The first-order chi connectivity index (χ1) is 13.0. The molecule has 9 heteroatoms. The highest BCUT2D eigenvalue weighted by Crippen LogP contribution is 2.39. The van der Waals surface area contributed by atoms with E-state index in [1.54, 1.807) is 25.1 Å². The van der Waals surface area contributed by atoms with Gasteiger partial charge in [0.1, 0.15) is 6.61 Å². The number of nitrogens with zero attached hydrogens (tertiary/aromatic N) is 1. The molecule has 1 atom stereocenters. The molecule has 0 radical (unpaired) electrons. The van der Waals surface area contributed by atoms with Crippen LogP contribution in [0.1, 0.15) is 12.5 Å². The van der Waals surface area contributed by atoms with E-state index in [1.807, 2.05) is 6.07 Å². The van der Waals surface area contributed by atoms with E-state index < -0.39 is 12.0 Å². The zero-order chi connectivity index (χ0) is 19.4. The summed E-state index contributed by atoms with van der Waals surface area (Å²) in [6.07, 6.45) is 0.321. The van der Waals surface area contributed by atoms with E-state index in [0.717, 1.165) is 0 Å². The second-order valence-corrected chi connectivity index (χ2v) is 6.25. The maximum Gasteiger partial charge on any atom is 0.284 e. The van der Waals surface area contributed by atoms with Crippen LogP contribution >= 0.6 is 23.2 Å². The minimum atomic E-state index is -0.862. The number of nitrogens with one attached hydrogen (secondary N) is 1. The van der Waals surface area contributed by atoms with Crippen molar-refractivity contribution in [1.29, 1.82) is 0 Å². The van der Waals surface area contributed by atoms with Gasteiger partial charge in [-0.15, -0.1) is 0 Å². The fraction of sp³-hybridized carbons (Fsp3) is 0.222. The Hall–Kier alpha value is -2.64. The molecular weight excluding hydrogens is 395 g/mol. The minimum Gasteiger partial charge on any atom is -0.504 e. The fourth-order valence-corrected chi connectivity index (χ4v) is 2.77. The molecule has 27 heavy (non-hydrogen) atoms. The number of phenols is 1. The molecule has 0 saturated carbocycles. The Morgan fingerprint density at radius 3 is 2.89 bits per heavy atom. The lowest BCUT2D eigenvalue weighted by molar-refractivity contribution is -0.130. The van der Waals surface area contributed by atoms with Crippen molar-refractivity contribution in [3.05, 3.63) is 45.9 Å². The zero-order valence-corrected chi connectivity index (χ0v) is 15.8. The number of amides is 1. The van der Waals surface area contributed by atoms with Crippen LogP contribution in [0.2, 0.25) is 10.0 Å². The maximum atomic E-state index is 12.2. The molecule has 0 saturated heterocycles. The van der Waals surface area contributed by atoms with Crippen LogP contribution in [0.25, 0.3) is 0 Å². The first-order valence-electron chi connectivity index (χ1n) is 8.06. The lowest BCUT2D eigenvalue weighted by atomic mass is 10.2. The number of ether oxygens (including phenoxy) is 3. The smallest absolute Gasteiger partial charge is 0.284 e. The molecule has 0 fully saturated rings. The molecule has 0 aromatic heterocycles. The molecule has 7 nitrogen and oxygen atoms in total. The van der Waals surface area contributed by atoms with Crippen LogP contribution < -0.4 is 19.6 Å². The minimum absolute atomic E-state index is 0.0516. The molecule has 0 spiro atoms. The summed E-state index contributed by atoms with van der Waals surface area (Å²) in [6.45, 7) is 2.15. The van der Waals surface area contributed by atoms with Gasteiger partial charge in [-0.1, -0.05) is 35.3 Å². The average Bonchev–Trinajstić information content (AvgIpc) is 2.68. The predicted molar refractivity (Wildman–Crippen MR) is 101 cm³/mol. The van der Waals surface area contributed by atoms with E-state index in [4.69, 9.17) is 37.4 Å². The molecule has 3 rings (SSSR count). The highest BCUT2D eigenvalue weighted by Gasteiger charge is 2.27. The summed E-state index contributed by atoms with van der Waals surface area (Å²) in [5.74, 6) is 0.480. The van der Waals surface area contributed by atoms with Crippen molar-refractivity contribution in [2.45, 2.75) is 13.0 Å². The molecule has 0 aliphatic carbocycles. The normalized spacial score (nSPS) is 15.6. The lowest BCUT2D eigenvalue weighted by Crippen LogP contribution is -2.42. The van der Waals surface area contributed by atoms with Gasteiger partial charge in [0.05, 0.1) is 28.4 Å². The molecule has 0 bridgehead atoms. The summed E-state index contributed by atoms with van der Waals surface area (Å²) in [4.78, 5) is 12.2. The second-order valence-electron chi connectivity index (χ2n) is 5.46. The van der Waals surface area contributed by atoms with E-state index in [2.05, 4.69) is 10.5 Å². The summed E-state index contributed by atoms with van der Waals surface area (Å²) < 4.78 is 16.4. The van der Waals surface area contributed by atoms with Crippen LogP contribution in [0.3, 0.4) is 0 Å². The van der Waals surface area contributed by atoms with Crippen molar-refractivity contribution in [1.82, 2.24) is 5.43 Å². The average molecular weight is 411 g/mol. The van der Waals surface area contributed by atoms with Crippen molar-refractivity contribution in [3.63, 3.8) is 0 Å². The number of hydrazone groups is 1. The van der Waals surface area contributed by atoms with Gasteiger partial charge in [0.15, 0.2) is 23.0 Å². The zero-order valence-electron chi connectivity index (χ0n) is 14.2. The third-order valence-corrected chi connectivity index (χ3v) is 4.46. The van der Waals surface area contributed by atoms with Crippen LogP contribution in [0.4, 0.5) is 0 Å². The molecule has 1 heterocycles.